The van der Waals surface area contributed by atoms with E-state index in [1.165, 1.54) is 5.69 Å². The second kappa shape index (κ2) is 2.90. The fraction of sp³-hybridized carbons (Fsp3) is 0.667. The quantitative estimate of drug-likeness (QED) is 0.717. The Hall–Kier alpha value is -0.830. The van der Waals surface area contributed by atoms with Crippen molar-refractivity contribution in [1.82, 2.24) is 15.1 Å². The van der Waals surface area contributed by atoms with Gasteiger partial charge in [0.05, 0.1) is 16.9 Å². The minimum Gasteiger partial charge on any atom is -0.310 e. The van der Waals surface area contributed by atoms with Crippen LogP contribution in [0.15, 0.2) is 6.07 Å². The van der Waals surface area contributed by atoms with Crippen LogP contribution in [0.1, 0.15) is 25.2 Å². The molecule has 0 bridgehead atoms. The molecule has 0 aliphatic rings. The number of hydrogen-bond acceptors (Lipinski definition) is 2. The van der Waals surface area contributed by atoms with E-state index in [2.05, 4.69) is 30.3 Å². The molecule has 0 radical (unpaired) electrons. The van der Waals surface area contributed by atoms with Crippen LogP contribution in [0.25, 0.3) is 0 Å². The summed E-state index contributed by atoms with van der Waals surface area (Å²) in [5.41, 5.74) is 2.27. The van der Waals surface area contributed by atoms with Gasteiger partial charge in [0.25, 0.3) is 0 Å². The molecule has 12 heavy (non-hydrogen) atoms. The van der Waals surface area contributed by atoms with Crippen molar-refractivity contribution < 1.29 is 0 Å². The summed E-state index contributed by atoms with van der Waals surface area (Å²) < 4.78 is 1.92. The smallest absolute Gasteiger partial charge is 0.0597 e. The standard InChI is InChI=1S/C9H17N3/c1-7-6-8(12(5)11-7)9(2,3)10-4/h6,10H,1-5H3. The molecule has 1 aromatic heterocycles. The van der Waals surface area contributed by atoms with Crippen LogP contribution in [0.2, 0.25) is 0 Å². The van der Waals surface area contributed by atoms with Gasteiger partial charge in [0, 0.05) is 7.05 Å². The lowest BCUT2D eigenvalue weighted by Gasteiger charge is -2.23. The predicted molar refractivity (Wildman–Crippen MR) is 50.0 cm³/mol. The lowest BCUT2D eigenvalue weighted by atomic mass is 10.0. The van der Waals surface area contributed by atoms with Crippen LogP contribution < -0.4 is 5.32 Å². The molecule has 1 heterocycles. The first-order chi connectivity index (χ1) is 5.47. The zero-order valence-corrected chi connectivity index (χ0v) is 8.47. The minimum absolute atomic E-state index is 0.00396. The third-order valence-corrected chi connectivity index (χ3v) is 2.27. The zero-order chi connectivity index (χ0) is 9.35. The summed E-state index contributed by atoms with van der Waals surface area (Å²) in [6, 6.07) is 2.11. The molecule has 1 rings (SSSR count). The fourth-order valence-electron chi connectivity index (χ4n) is 1.32. The van der Waals surface area contributed by atoms with Crippen molar-refractivity contribution in [3.63, 3.8) is 0 Å². The van der Waals surface area contributed by atoms with Gasteiger partial charge in [-0.05, 0) is 33.9 Å². The maximum Gasteiger partial charge on any atom is 0.0597 e. The third kappa shape index (κ3) is 1.50. The van der Waals surface area contributed by atoms with E-state index in [0.717, 1.165) is 5.69 Å². The lowest BCUT2D eigenvalue weighted by molar-refractivity contribution is 0.410. The second-order valence-corrected chi connectivity index (χ2v) is 3.67. The molecule has 0 amide bonds. The van der Waals surface area contributed by atoms with E-state index < -0.39 is 0 Å². The molecule has 0 atom stereocenters. The average molecular weight is 167 g/mol. The third-order valence-electron chi connectivity index (χ3n) is 2.27. The van der Waals surface area contributed by atoms with Gasteiger partial charge >= 0.3 is 0 Å². The first-order valence-electron chi connectivity index (χ1n) is 4.17. The second-order valence-electron chi connectivity index (χ2n) is 3.67. The molecule has 3 nitrogen and oxygen atoms in total. The average Bonchev–Trinajstić information content (AvgIpc) is 2.31. The fourth-order valence-corrected chi connectivity index (χ4v) is 1.32. The number of aryl methyl sites for hydroxylation is 2. The largest absolute Gasteiger partial charge is 0.310 e. The molecular formula is C9H17N3. The van der Waals surface area contributed by atoms with Crippen molar-refractivity contribution in [2.24, 2.45) is 7.05 Å². The van der Waals surface area contributed by atoms with Crippen LogP contribution in [-0.2, 0) is 12.6 Å². The number of aromatic nitrogens is 2. The molecule has 0 saturated carbocycles. The van der Waals surface area contributed by atoms with Gasteiger partial charge in [-0.15, -0.1) is 0 Å². The minimum atomic E-state index is -0.00396. The van der Waals surface area contributed by atoms with Crippen LogP contribution >= 0.6 is 0 Å². The molecule has 0 aromatic carbocycles. The molecule has 1 aromatic rings. The predicted octanol–water partition coefficient (Wildman–Crippen LogP) is 1.18. The number of hydrogen-bond donors (Lipinski definition) is 1. The van der Waals surface area contributed by atoms with Crippen LogP contribution in [-0.4, -0.2) is 16.8 Å². The Labute approximate surface area is 73.8 Å². The van der Waals surface area contributed by atoms with E-state index in [1.807, 2.05) is 25.7 Å². The highest BCUT2D eigenvalue weighted by Gasteiger charge is 2.21. The van der Waals surface area contributed by atoms with Crippen LogP contribution in [0.3, 0.4) is 0 Å². The van der Waals surface area contributed by atoms with Crippen molar-refractivity contribution in [3.05, 3.63) is 17.5 Å². The summed E-state index contributed by atoms with van der Waals surface area (Å²) in [5, 5.41) is 7.55. The Morgan fingerprint density at radius 1 is 1.50 bits per heavy atom. The molecule has 0 unspecified atom stereocenters. The maximum atomic E-state index is 4.30. The van der Waals surface area contributed by atoms with E-state index >= 15 is 0 Å². The summed E-state index contributed by atoms with van der Waals surface area (Å²) in [6.45, 7) is 6.29. The van der Waals surface area contributed by atoms with Gasteiger partial charge in [0.1, 0.15) is 0 Å². The summed E-state index contributed by atoms with van der Waals surface area (Å²) in [7, 11) is 3.93. The summed E-state index contributed by atoms with van der Waals surface area (Å²) in [6.07, 6.45) is 0. The van der Waals surface area contributed by atoms with Crippen LogP contribution in [0.5, 0.6) is 0 Å². The van der Waals surface area contributed by atoms with E-state index in [4.69, 9.17) is 0 Å². The van der Waals surface area contributed by atoms with Crippen LogP contribution in [0, 0.1) is 6.92 Å². The topological polar surface area (TPSA) is 29.9 Å². The monoisotopic (exact) mass is 167 g/mol. The summed E-state index contributed by atoms with van der Waals surface area (Å²) >= 11 is 0. The molecule has 0 aliphatic heterocycles. The molecule has 68 valence electrons. The molecule has 0 spiro atoms. The van der Waals surface area contributed by atoms with Gasteiger partial charge in [-0.3, -0.25) is 4.68 Å². The maximum absolute atomic E-state index is 4.30. The van der Waals surface area contributed by atoms with E-state index in [1.54, 1.807) is 0 Å². The van der Waals surface area contributed by atoms with Crippen molar-refractivity contribution in [1.29, 1.82) is 0 Å². The molecule has 1 N–H and O–H groups in total. The van der Waals surface area contributed by atoms with Gasteiger partial charge in [-0.1, -0.05) is 0 Å². The summed E-state index contributed by atoms with van der Waals surface area (Å²) in [5.74, 6) is 0. The Morgan fingerprint density at radius 2 is 2.08 bits per heavy atom. The summed E-state index contributed by atoms with van der Waals surface area (Å²) in [4.78, 5) is 0. The van der Waals surface area contributed by atoms with Crippen LogP contribution in [0.4, 0.5) is 0 Å². The highest BCUT2D eigenvalue weighted by Crippen LogP contribution is 2.19. The SMILES string of the molecule is CNC(C)(C)c1cc(C)nn1C. The highest BCUT2D eigenvalue weighted by atomic mass is 15.3. The molecule has 3 heteroatoms. The van der Waals surface area contributed by atoms with Gasteiger partial charge in [0.2, 0.25) is 0 Å². The van der Waals surface area contributed by atoms with Crippen molar-refractivity contribution in [2.75, 3.05) is 7.05 Å². The molecule has 0 fully saturated rings. The Kier molecular flexibility index (Phi) is 2.24. The Bertz CT molecular complexity index is 273. The zero-order valence-electron chi connectivity index (χ0n) is 8.47. The Morgan fingerprint density at radius 3 is 2.42 bits per heavy atom. The van der Waals surface area contributed by atoms with Crippen molar-refractivity contribution in [2.45, 2.75) is 26.3 Å². The van der Waals surface area contributed by atoms with Gasteiger partial charge in [-0.2, -0.15) is 5.10 Å². The normalized spacial score (nSPS) is 12.1. The lowest BCUT2D eigenvalue weighted by Crippen LogP contribution is -2.35. The molecule has 0 aliphatic carbocycles. The number of nitrogens with zero attached hydrogens (tertiary/aromatic N) is 2. The first-order valence-corrected chi connectivity index (χ1v) is 4.17. The number of rotatable bonds is 2. The Balaban J connectivity index is 3.09. The van der Waals surface area contributed by atoms with Gasteiger partial charge in [0.15, 0.2) is 0 Å². The first kappa shape index (κ1) is 9.26. The molecular weight excluding hydrogens is 150 g/mol. The van der Waals surface area contributed by atoms with Gasteiger partial charge in [-0.25, -0.2) is 0 Å². The van der Waals surface area contributed by atoms with E-state index in [0.29, 0.717) is 0 Å². The highest BCUT2D eigenvalue weighted by molar-refractivity contribution is 5.16. The van der Waals surface area contributed by atoms with E-state index in [9.17, 15) is 0 Å². The van der Waals surface area contributed by atoms with Gasteiger partial charge < -0.3 is 5.32 Å². The van der Waals surface area contributed by atoms with Crippen molar-refractivity contribution >= 4 is 0 Å². The van der Waals surface area contributed by atoms with E-state index in [-0.39, 0.29) is 5.54 Å². The van der Waals surface area contributed by atoms with Crippen molar-refractivity contribution in [3.8, 4) is 0 Å². The molecule has 0 saturated heterocycles. The number of nitrogens with one attached hydrogen (secondary N) is 1.